The van der Waals surface area contributed by atoms with Gasteiger partial charge in [0.1, 0.15) is 6.17 Å². The molecule has 2 nitrogen and oxygen atoms in total. The van der Waals surface area contributed by atoms with Crippen LogP contribution in [0.3, 0.4) is 0 Å². The number of hydrogen-bond donors (Lipinski definition) is 1. The van der Waals surface area contributed by atoms with Gasteiger partial charge >= 0.3 is 0 Å². The molecule has 0 spiro atoms. The molecule has 0 aliphatic heterocycles. The smallest absolute Gasteiger partial charge is 0.181 e. The number of nitrogens with two attached hydrogens (primary N) is 1. The number of halogens is 1. The van der Waals surface area contributed by atoms with E-state index in [1.807, 2.05) is 13.0 Å². The molecule has 1 aromatic heterocycles. The van der Waals surface area contributed by atoms with Gasteiger partial charge in [0.05, 0.1) is 10.2 Å². The van der Waals surface area contributed by atoms with Gasteiger partial charge in [0.15, 0.2) is 5.13 Å². The number of aromatic nitrogens is 1. The van der Waals surface area contributed by atoms with Crippen molar-refractivity contribution in [3.05, 3.63) is 22.8 Å². The lowest BCUT2D eigenvalue weighted by Crippen LogP contribution is -2.00. The number of hydrogen-bond acceptors (Lipinski definition) is 3. The molecule has 0 saturated heterocycles. The van der Waals surface area contributed by atoms with Gasteiger partial charge in [-0.25, -0.2) is 9.37 Å². The van der Waals surface area contributed by atoms with E-state index in [-0.39, 0.29) is 5.92 Å². The minimum atomic E-state index is -0.974. The summed E-state index contributed by atoms with van der Waals surface area (Å²) in [6, 6.07) is 1.93. The van der Waals surface area contributed by atoms with E-state index in [2.05, 4.69) is 18.8 Å². The lowest BCUT2D eigenvalue weighted by Gasteiger charge is -2.15. The van der Waals surface area contributed by atoms with Crippen molar-refractivity contribution in [1.29, 1.82) is 0 Å². The summed E-state index contributed by atoms with van der Waals surface area (Å²) in [6.45, 7) is 7.68. The number of benzene rings is 1. The molecule has 2 aromatic rings. The van der Waals surface area contributed by atoms with Gasteiger partial charge in [0, 0.05) is 0 Å². The van der Waals surface area contributed by atoms with Crippen molar-refractivity contribution in [2.24, 2.45) is 0 Å². The van der Waals surface area contributed by atoms with Gasteiger partial charge in [-0.1, -0.05) is 31.3 Å². The first-order valence-corrected chi connectivity index (χ1v) is 6.57. The molecule has 0 bridgehead atoms. The molecule has 2 rings (SSSR count). The van der Waals surface area contributed by atoms with E-state index in [1.165, 1.54) is 11.3 Å². The van der Waals surface area contributed by atoms with E-state index < -0.39 is 6.17 Å². The predicted octanol–water partition coefficient (Wildman–Crippen LogP) is 4.34. The molecular formula is C13H17FN2S. The lowest BCUT2D eigenvalue weighted by atomic mass is 9.92. The Kier molecular flexibility index (Phi) is 3.08. The monoisotopic (exact) mass is 252 g/mol. The fourth-order valence-corrected chi connectivity index (χ4v) is 3.05. The third-order valence-electron chi connectivity index (χ3n) is 2.95. The van der Waals surface area contributed by atoms with Crippen LogP contribution in [0.15, 0.2) is 6.07 Å². The molecular weight excluding hydrogens is 235 g/mol. The zero-order chi connectivity index (χ0) is 12.7. The maximum absolute atomic E-state index is 13.7. The van der Waals surface area contributed by atoms with E-state index >= 15 is 0 Å². The summed E-state index contributed by atoms with van der Waals surface area (Å²) >= 11 is 1.47. The van der Waals surface area contributed by atoms with Crippen LogP contribution in [0, 0.1) is 6.92 Å². The highest BCUT2D eigenvalue weighted by atomic mass is 32.1. The van der Waals surface area contributed by atoms with Crippen LogP contribution in [0.5, 0.6) is 0 Å². The Morgan fingerprint density at radius 3 is 2.53 bits per heavy atom. The molecule has 92 valence electrons. The first-order chi connectivity index (χ1) is 7.91. The van der Waals surface area contributed by atoms with Gasteiger partial charge in [-0.2, -0.15) is 0 Å². The minimum Gasteiger partial charge on any atom is -0.375 e. The largest absolute Gasteiger partial charge is 0.375 e. The molecule has 2 N–H and O–H groups in total. The summed E-state index contributed by atoms with van der Waals surface area (Å²) in [6.07, 6.45) is -0.974. The van der Waals surface area contributed by atoms with Crippen LogP contribution < -0.4 is 5.73 Å². The van der Waals surface area contributed by atoms with Gasteiger partial charge < -0.3 is 5.73 Å². The van der Waals surface area contributed by atoms with Gasteiger partial charge in [0.25, 0.3) is 0 Å². The van der Waals surface area contributed by atoms with Crippen LogP contribution in [0.25, 0.3) is 10.2 Å². The quantitative estimate of drug-likeness (QED) is 0.863. The van der Waals surface area contributed by atoms with Crippen molar-refractivity contribution < 1.29 is 4.39 Å². The van der Waals surface area contributed by atoms with E-state index in [0.717, 1.165) is 26.9 Å². The van der Waals surface area contributed by atoms with Crippen molar-refractivity contribution in [1.82, 2.24) is 4.98 Å². The topological polar surface area (TPSA) is 38.9 Å². The summed E-state index contributed by atoms with van der Waals surface area (Å²) in [4.78, 5) is 4.37. The maximum atomic E-state index is 13.7. The third-order valence-corrected chi connectivity index (χ3v) is 3.97. The Morgan fingerprint density at radius 1 is 1.35 bits per heavy atom. The number of fused-ring (bicyclic) bond motifs is 1. The summed E-state index contributed by atoms with van der Waals surface area (Å²) in [7, 11) is 0. The highest BCUT2D eigenvalue weighted by molar-refractivity contribution is 7.22. The average Bonchev–Trinajstić information content (AvgIpc) is 2.58. The Bertz CT molecular complexity index is 558. The molecule has 1 heterocycles. The predicted molar refractivity (Wildman–Crippen MR) is 72.4 cm³/mol. The average molecular weight is 252 g/mol. The Hall–Kier alpha value is -1.16. The summed E-state index contributed by atoms with van der Waals surface area (Å²) in [5.41, 5.74) is 9.44. The van der Waals surface area contributed by atoms with Crippen molar-refractivity contribution in [2.75, 3.05) is 5.73 Å². The minimum absolute atomic E-state index is 0.243. The van der Waals surface area contributed by atoms with Gasteiger partial charge in [-0.15, -0.1) is 0 Å². The van der Waals surface area contributed by atoms with Crippen LogP contribution in [0.4, 0.5) is 9.52 Å². The van der Waals surface area contributed by atoms with Crippen LogP contribution in [-0.2, 0) is 0 Å². The fraction of sp³-hybridized carbons (Fsp3) is 0.462. The zero-order valence-corrected chi connectivity index (χ0v) is 11.4. The van der Waals surface area contributed by atoms with Crippen molar-refractivity contribution in [3.63, 3.8) is 0 Å². The second-order valence-corrected chi connectivity index (χ2v) is 5.73. The first kappa shape index (κ1) is 12.3. The molecule has 1 aromatic carbocycles. The Labute approximate surface area is 105 Å². The van der Waals surface area contributed by atoms with Gasteiger partial charge in [0.2, 0.25) is 0 Å². The molecule has 0 radical (unpaired) electrons. The number of nitrogens with zero attached hydrogens (tertiary/aromatic N) is 1. The Morgan fingerprint density at radius 2 is 2.00 bits per heavy atom. The van der Waals surface area contributed by atoms with Crippen molar-refractivity contribution >= 4 is 26.7 Å². The molecule has 0 amide bonds. The summed E-state index contributed by atoms with van der Waals surface area (Å²) < 4.78 is 14.8. The summed E-state index contributed by atoms with van der Waals surface area (Å²) in [5.74, 6) is 0.243. The number of nitrogen functional groups attached to an aromatic ring is 1. The molecule has 1 unspecified atom stereocenters. The zero-order valence-electron chi connectivity index (χ0n) is 10.5. The standard InChI is InChI=1S/C13H17FN2S/c1-6(2)10-9(8(4)14)5-7(3)12-11(10)16-13(15)17-12/h5-6,8H,1-4H3,(H2,15,16). The number of rotatable bonds is 2. The molecule has 0 saturated carbocycles. The van der Waals surface area contributed by atoms with E-state index in [0.29, 0.717) is 5.13 Å². The molecule has 0 aliphatic carbocycles. The molecule has 4 heteroatoms. The van der Waals surface area contributed by atoms with Crippen LogP contribution in [0.1, 0.15) is 49.6 Å². The Balaban J connectivity index is 2.87. The van der Waals surface area contributed by atoms with E-state index in [9.17, 15) is 4.39 Å². The molecule has 1 atom stereocenters. The maximum Gasteiger partial charge on any atom is 0.181 e. The normalized spacial score (nSPS) is 13.5. The number of thiazole rings is 1. The molecule has 17 heavy (non-hydrogen) atoms. The molecule has 0 fully saturated rings. The highest BCUT2D eigenvalue weighted by Gasteiger charge is 2.19. The van der Waals surface area contributed by atoms with Crippen molar-refractivity contribution in [2.45, 2.75) is 39.8 Å². The van der Waals surface area contributed by atoms with Crippen LogP contribution in [0.2, 0.25) is 0 Å². The van der Waals surface area contributed by atoms with E-state index in [4.69, 9.17) is 5.73 Å². The highest BCUT2D eigenvalue weighted by Crippen LogP contribution is 2.38. The fourth-order valence-electron chi connectivity index (χ4n) is 2.24. The van der Waals surface area contributed by atoms with Gasteiger partial charge in [-0.05, 0) is 36.5 Å². The lowest BCUT2D eigenvalue weighted by molar-refractivity contribution is 0.371. The second kappa shape index (κ2) is 4.26. The van der Waals surface area contributed by atoms with Crippen molar-refractivity contribution in [3.8, 4) is 0 Å². The van der Waals surface area contributed by atoms with Crippen LogP contribution in [-0.4, -0.2) is 4.98 Å². The molecule has 0 aliphatic rings. The van der Waals surface area contributed by atoms with Crippen LogP contribution >= 0.6 is 11.3 Å². The third kappa shape index (κ3) is 2.02. The SMILES string of the molecule is Cc1cc(C(C)F)c(C(C)C)c2nc(N)sc12. The second-order valence-electron chi connectivity index (χ2n) is 4.70. The number of aryl methyl sites for hydroxylation is 1. The summed E-state index contributed by atoms with van der Waals surface area (Å²) in [5, 5.41) is 0.550. The number of anilines is 1. The van der Waals surface area contributed by atoms with E-state index in [1.54, 1.807) is 6.92 Å². The first-order valence-electron chi connectivity index (χ1n) is 5.75. The number of alkyl halides is 1. The van der Waals surface area contributed by atoms with Gasteiger partial charge in [-0.3, -0.25) is 0 Å².